The number of likely N-dealkylation sites (tertiary alicyclic amines) is 1. The van der Waals surface area contributed by atoms with E-state index >= 15 is 0 Å². The van der Waals surface area contributed by atoms with Gasteiger partial charge in [-0.3, -0.25) is 14.7 Å². The average molecular weight is 278 g/mol. The zero-order chi connectivity index (χ0) is 14.7. The Morgan fingerprint density at radius 2 is 2.20 bits per heavy atom. The van der Waals surface area contributed by atoms with Gasteiger partial charge < -0.3 is 0 Å². The quantitative estimate of drug-likeness (QED) is 0.776. The lowest BCUT2D eigenvalue weighted by atomic mass is 9.99. The summed E-state index contributed by atoms with van der Waals surface area (Å²) < 4.78 is 12.8. The summed E-state index contributed by atoms with van der Waals surface area (Å²) in [6, 6.07) is 3.34. The first-order chi connectivity index (χ1) is 9.49. The highest BCUT2D eigenvalue weighted by Crippen LogP contribution is 2.25. The SMILES string of the molecule is CC(CN1CCCC1C(C)C)C(=O)c1ccc(F)cn1. The molecule has 0 N–H and O–H groups in total. The third kappa shape index (κ3) is 3.42. The maximum absolute atomic E-state index is 12.8. The highest BCUT2D eigenvalue weighted by Gasteiger charge is 2.29. The van der Waals surface area contributed by atoms with Crippen molar-refractivity contribution in [3.63, 3.8) is 0 Å². The summed E-state index contributed by atoms with van der Waals surface area (Å²) in [4.78, 5) is 18.6. The molecule has 4 heteroatoms. The van der Waals surface area contributed by atoms with Crippen LogP contribution in [0.5, 0.6) is 0 Å². The fraction of sp³-hybridized carbons (Fsp3) is 0.625. The number of carbonyl (C=O) groups is 1. The molecule has 0 aliphatic carbocycles. The Kier molecular flexibility index (Phi) is 4.86. The molecule has 110 valence electrons. The van der Waals surface area contributed by atoms with Crippen molar-refractivity contribution in [3.8, 4) is 0 Å². The van der Waals surface area contributed by atoms with Gasteiger partial charge in [0.05, 0.1) is 6.20 Å². The molecule has 1 aliphatic heterocycles. The van der Waals surface area contributed by atoms with E-state index in [9.17, 15) is 9.18 Å². The number of hydrogen-bond acceptors (Lipinski definition) is 3. The van der Waals surface area contributed by atoms with Gasteiger partial charge in [0.2, 0.25) is 0 Å². The van der Waals surface area contributed by atoms with Gasteiger partial charge in [0.25, 0.3) is 0 Å². The second-order valence-electron chi connectivity index (χ2n) is 6.08. The van der Waals surface area contributed by atoms with Gasteiger partial charge in [-0.25, -0.2) is 4.39 Å². The number of pyridine rings is 1. The van der Waals surface area contributed by atoms with Crippen LogP contribution in [0.25, 0.3) is 0 Å². The maximum Gasteiger partial charge on any atom is 0.185 e. The van der Waals surface area contributed by atoms with E-state index < -0.39 is 5.82 Å². The zero-order valence-corrected chi connectivity index (χ0v) is 12.5. The van der Waals surface area contributed by atoms with E-state index in [2.05, 4.69) is 23.7 Å². The molecule has 3 nitrogen and oxygen atoms in total. The van der Waals surface area contributed by atoms with Crippen molar-refractivity contribution in [1.82, 2.24) is 9.88 Å². The Morgan fingerprint density at radius 3 is 2.80 bits per heavy atom. The predicted molar refractivity (Wildman–Crippen MR) is 77.1 cm³/mol. The molecule has 1 aliphatic rings. The van der Waals surface area contributed by atoms with E-state index in [0.717, 1.165) is 19.3 Å². The van der Waals surface area contributed by atoms with Gasteiger partial charge in [-0.05, 0) is 37.4 Å². The first-order valence-corrected chi connectivity index (χ1v) is 7.39. The van der Waals surface area contributed by atoms with Crippen LogP contribution in [0.2, 0.25) is 0 Å². The van der Waals surface area contributed by atoms with Gasteiger partial charge >= 0.3 is 0 Å². The summed E-state index contributed by atoms with van der Waals surface area (Å²) in [5.41, 5.74) is 0.360. The lowest BCUT2D eigenvalue weighted by Gasteiger charge is -2.29. The molecule has 0 bridgehead atoms. The summed E-state index contributed by atoms with van der Waals surface area (Å²) in [5.74, 6) is 0.101. The number of nitrogens with zero attached hydrogens (tertiary/aromatic N) is 2. The molecule has 20 heavy (non-hydrogen) atoms. The first-order valence-electron chi connectivity index (χ1n) is 7.39. The molecule has 1 saturated heterocycles. The normalized spacial score (nSPS) is 21.4. The van der Waals surface area contributed by atoms with Crippen LogP contribution >= 0.6 is 0 Å². The molecule has 2 heterocycles. The third-order valence-electron chi connectivity index (χ3n) is 4.12. The average Bonchev–Trinajstić information content (AvgIpc) is 2.87. The van der Waals surface area contributed by atoms with E-state index in [1.54, 1.807) is 0 Å². The van der Waals surface area contributed by atoms with Gasteiger partial charge in [-0.1, -0.05) is 20.8 Å². The molecule has 1 aromatic heterocycles. The highest BCUT2D eigenvalue weighted by molar-refractivity contribution is 5.95. The van der Waals surface area contributed by atoms with E-state index in [1.807, 2.05) is 6.92 Å². The van der Waals surface area contributed by atoms with E-state index in [4.69, 9.17) is 0 Å². The molecule has 0 amide bonds. The van der Waals surface area contributed by atoms with Crippen molar-refractivity contribution < 1.29 is 9.18 Å². The molecule has 2 rings (SSSR count). The number of rotatable bonds is 5. The second-order valence-corrected chi connectivity index (χ2v) is 6.08. The number of aromatic nitrogens is 1. The molecular formula is C16H23FN2O. The van der Waals surface area contributed by atoms with Crippen LogP contribution in [0.4, 0.5) is 4.39 Å². The van der Waals surface area contributed by atoms with Gasteiger partial charge in [0.15, 0.2) is 5.78 Å². The summed E-state index contributed by atoms with van der Waals surface area (Å²) in [6.07, 6.45) is 3.53. The Morgan fingerprint density at radius 1 is 1.45 bits per heavy atom. The van der Waals surface area contributed by atoms with E-state index in [1.165, 1.54) is 25.0 Å². The van der Waals surface area contributed by atoms with Crippen LogP contribution in [-0.4, -0.2) is 34.8 Å². The van der Waals surface area contributed by atoms with Crippen molar-refractivity contribution in [2.75, 3.05) is 13.1 Å². The number of hydrogen-bond donors (Lipinski definition) is 0. The van der Waals surface area contributed by atoms with Crippen molar-refractivity contribution in [2.24, 2.45) is 11.8 Å². The molecule has 0 spiro atoms. The minimum atomic E-state index is -0.409. The van der Waals surface area contributed by atoms with E-state index in [0.29, 0.717) is 17.7 Å². The molecule has 2 unspecified atom stereocenters. The van der Waals surface area contributed by atoms with Gasteiger partial charge in [-0.2, -0.15) is 0 Å². The predicted octanol–water partition coefficient (Wildman–Crippen LogP) is 3.16. The monoisotopic (exact) mass is 278 g/mol. The lowest BCUT2D eigenvalue weighted by molar-refractivity contribution is 0.0870. The number of ketones is 1. The Labute approximate surface area is 120 Å². The molecular weight excluding hydrogens is 255 g/mol. The molecule has 1 aromatic rings. The first kappa shape index (κ1) is 15.1. The van der Waals surface area contributed by atoms with Crippen LogP contribution in [0.15, 0.2) is 18.3 Å². The van der Waals surface area contributed by atoms with Crippen molar-refractivity contribution in [3.05, 3.63) is 29.8 Å². The third-order valence-corrected chi connectivity index (χ3v) is 4.12. The largest absolute Gasteiger partial charge is 0.299 e. The molecule has 2 atom stereocenters. The Balaban J connectivity index is 1.99. The summed E-state index contributed by atoms with van der Waals surface area (Å²) >= 11 is 0. The highest BCUT2D eigenvalue weighted by atomic mass is 19.1. The Hall–Kier alpha value is -1.29. The molecule has 0 aromatic carbocycles. The van der Waals surface area contributed by atoms with E-state index in [-0.39, 0.29) is 11.7 Å². The fourth-order valence-corrected chi connectivity index (χ4v) is 3.04. The standard InChI is InChI=1S/C16H23FN2O/c1-11(2)15-5-4-8-19(15)10-12(3)16(20)14-7-6-13(17)9-18-14/h6-7,9,11-12,15H,4-5,8,10H2,1-3H3. The van der Waals surface area contributed by atoms with Crippen LogP contribution in [0.3, 0.4) is 0 Å². The zero-order valence-electron chi connectivity index (χ0n) is 12.5. The summed E-state index contributed by atoms with van der Waals surface area (Å²) in [7, 11) is 0. The molecule has 1 fully saturated rings. The Bertz CT molecular complexity index is 458. The van der Waals surface area contributed by atoms with Gasteiger partial charge in [0.1, 0.15) is 11.5 Å². The minimum Gasteiger partial charge on any atom is -0.299 e. The topological polar surface area (TPSA) is 33.2 Å². The molecule has 0 radical (unpaired) electrons. The maximum atomic E-state index is 12.8. The van der Waals surface area contributed by atoms with Crippen molar-refractivity contribution in [2.45, 2.75) is 39.7 Å². The van der Waals surface area contributed by atoms with Crippen LogP contribution in [0, 0.1) is 17.7 Å². The van der Waals surface area contributed by atoms with Crippen LogP contribution < -0.4 is 0 Å². The number of Topliss-reactive ketones (excluding diaryl/α,β-unsaturated/α-hetero) is 1. The lowest BCUT2D eigenvalue weighted by Crippen LogP contribution is -2.38. The van der Waals surface area contributed by atoms with Crippen molar-refractivity contribution >= 4 is 5.78 Å². The second kappa shape index (κ2) is 6.44. The smallest absolute Gasteiger partial charge is 0.185 e. The fourth-order valence-electron chi connectivity index (χ4n) is 3.04. The van der Waals surface area contributed by atoms with Crippen LogP contribution in [-0.2, 0) is 0 Å². The summed E-state index contributed by atoms with van der Waals surface area (Å²) in [6.45, 7) is 8.23. The van der Waals surface area contributed by atoms with Gasteiger partial charge in [0, 0.05) is 18.5 Å². The molecule has 0 saturated carbocycles. The van der Waals surface area contributed by atoms with Crippen LogP contribution in [0.1, 0.15) is 44.1 Å². The van der Waals surface area contributed by atoms with Gasteiger partial charge in [-0.15, -0.1) is 0 Å². The van der Waals surface area contributed by atoms with Crippen molar-refractivity contribution in [1.29, 1.82) is 0 Å². The number of carbonyl (C=O) groups excluding carboxylic acids is 1. The number of halogens is 1. The minimum absolute atomic E-state index is 0.000550. The summed E-state index contributed by atoms with van der Waals surface area (Å²) in [5, 5.41) is 0.